The number of hydrogen-bond donors (Lipinski definition) is 3. The van der Waals surface area contributed by atoms with Crippen LogP contribution in [0.15, 0.2) is 0 Å². The second-order valence-electron chi connectivity index (χ2n) is 1.75. The highest BCUT2D eigenvalue weighted by Gasteiger charge is 2.20. The lowest BCUT2D eigenvalue weighted by molar-refractivity contribution is 0.0318. The summed E-state index contributed by atoms with van der Waals surface area (Å²) in [7, 11) is 0. The van der Waals surface area contributed by atoms with Gasteiger partial charge in [-0.25, -0.2) is 0 Å². The average Bonchev–Trinajstić information content (AvgIpc) is 1.91. The lowest BCUT2D eigenvalue weighted by atomic mass is 10.3. The largest absolute Gasteiger partial charge is 0.389 e. The summed E-state index contributed by atoms with van der Waals surface area (Å²) in [6.45, 7) is 0.725. The van der Waals surface area contributed by atoms with Crippen LogP contribution in [-0.2, 0) is 0 Å². The molecule has 2 atom stereocenters. The van der Waals surface area contributed by atoms with Crippen LogP contribution in [0.4, 0.5) is 0 Å². The maximum atomic E-state index is 8.69. The fourth-order valence-electron chi connectivity index (χ4n) is 0.673. The maximum absolute atomic E-state index is 8.69. The number of hydrogen-bond acceptors (Lipinski definition) is 3. The minimum absolute atomic E-state index is 0.542. The Hall–Kier alpha value is -0.120. The Morgan fingerprint density at radius 2 is 2.14 bits per heavy atom. The molecule has 42 valence electrons. The molecule has 1 saturated heterocycles. The van der Waals surface area contributed by atoms with E-state index in [1.54, 1.807) is 0 Å². The molecule has 1 aliphatic rings. The molecule has 3 nitrogen and oxygen atoms in total. The molecule has 0 aromatic heterocycles. The second kappa shape index (κ2) is 1.78. The van der Waals surface area contributed by atoms with Crippen molar-refractivity contribution in [2.75, 3.05) is 6.54 Å². The summed E-state index contributed by atoms with van der Waals surface area (Å²) in [6, 6.07) is 0. The molecule has 0 bridgehead atoms. The molecule has 1 rings (SSSR count). The van der Waals surface area contributed by atoms with E-state index < -0.39 is 12.3 Å². The van der Waals surface area contributed by atoms with Crippen LogP contribution < -0.4 is 5.32 Å². The molecule has 0 spiro atoms. The van der Waals surface area contributed by atoms with Gasteiger partial charge in [-0.15, -0.1) is 0 Å². The van der Waals surface area contributed by atoms with Crippen LogP contribution in [0.25, 0.3) is 0 Å². The fraction of sp³-hybridized carbons (Fsp3) is 1.00. The highest BCUT2D eigenvalue weighted by Crippen LogP contribution is 2.01. The van der Waals surface area contributed by atoms with E-state index in [0.717, 1.165) is 6.54 Å². The smallest absolute Gasteiger partial charge is 0.131 e. The van der Waals surface area contributed by atoms with Gasteiger partial charge in [-0.2, -0.15) is 0 Å². The molecule has 0 amide bonds. The molecule has 1 heterocycles. The van der Waals surface area contributed by atoms with Crippen LogP contribution in [0, 0.1) is 0 Å². The minimum Gasteiger partial charge on any atom is -0.389 e. The van der Waals surface area contributed by atoms with E-state index in [2.05, 4.69) is 5.32 Å². The van der Waals surface area contributed by atoms with E-state index in [0.29, 0.717) is 6.42 Å². The van der Waals surface area contributed by atoms with Crippen molar-refractivity contribution in [3.05, 3.63) is 0 Å². The number of nitrogens with one attached hydrogen (secondary N) is 1. The third-order valence-electron chi connectivity index (χ3n) is 1.16. The van der Waals surface area contributed by atoms with Gasteiger partial charge in [-0.1, -0.05) is 0 Å². The Bertz CT molecular complexity index is 58.7. The Kier molecular flexibility index (Phi) is 1.27. The van der Waals surface area contributed by atoms with Crippen molar-refractivity contribution in [3.63, 3.8) is 0 Å². The first-order valence-corrected chi connectivity index (χ1v) is 2.40. The fourth-order valence-corrected chi connectivity index (χ4v) is 0.673. The first-order chi connectivity index (χ1) is 3.30. The summed E-state index contributed by atoms with van der Waals surface area (Å²) in [6.07, 6.45) is -0.554. The summed E-state index contributed by atoms with van der Waals surface area (Å²) in [4.78, 5) is 0. The Balaban J connectivity index is 2.33. The Morgan fingerprint density at radius 1 is 1.43 bits per heavy atom. The molecular formula is C4H9NO2. The summed E-state index contributed by atoms with van der Waals surface area (Å²) < 4.78 is 0. The van der Waals surface area contributed by atoms with Gasteiger partial charge in [-0.3, -0.25) is 5.32 Å². The third-order valence-corrected chi connectivity index (χ3v) is 1.16. The SMILES string of the molecule is O[C@@H]1NCC[C@@H]1O. The van der Waals surface area contributed by atoms with Gasteiger partial charge in [0.15, 0.2) is 0 Å². The highest BCUT2D eigenvalue weighted by molar-refractivity contribution is 4.73. The minimum atomic E-state index is -0.681. The van der Waals surface area contributed by atoms with Crippen molar-refractivity contribution in [1.82, 2.24) is 5.32 Å². The van der Waals surface area contributed by atoms with Gasteiger partial charge in [0.1, 0.15) is 6.23 Å². The monoisotopic (exact) mass is 103 g/mol. The lowest BCUT2D eigenvalue weighted by Gasteiger charge is -2.03. The van der Waals surface area contributed by atoms with Gasteiger partial charge >= 0.3 is 0 Å². The molecule has 0 aromatic rings. The van der Waals surface area contributed by atoms with Gasteiger partial charge in [0.2, 0.25) is 0 Å². The van der Waals surface area contributed by atoms with Crippen molar-refractivity contribution in [3.8, 4) is 0 Å². The van der Waals surface area contributed by atoms with Gasteiger partial charge in [-0.05, 0) is 6.42 Å². The summed E-state index contributed by atoms with van der Waals surface area (Å²) in [5.41, 5.74) is 0. The zero-order valence-corrected chi connectivity index (χ0v) is 3.96. The molecule has 1 aliphatic heterocycles. The zero-order valence-electron chi connectivity index (χ0n) is 3.96. The van der Waals surface area contributed by atoms with E-state index >= 15 is 0 Å². The Morgan fingerprint density at radius 3 is 2.29 bits per heavy atom. The quantitative estimate of drug-likeness (QED) is 0.355. The van der Waals surface area contributed by atoms with Crippen LogP contribution in [-0.4, -0.2) is 29.1 Å². The molecule has 0 unspecified atom stereocenters. The first-order valence-electron chi connectivity index (χ1n) is 2.40. The van der Waals surface area contributed by atoms with E-state index in [9.17, 15) is 0 Å². The summed E-state index contributed by atoms with van der Waals surface area (Å²) >= 11 is 0. The van der Waals surface area contributed by atoms with E-state index in [1.807, 2.05) is 0 Å². The standard InChI is InChI=1S/C4H9NO2/c6-3-1-2-5-4(3)7/h3-7H,1-2H2/t3-,4-/m0/s1. The average molecular weight is 103 g/mol. The van der Waals surface area contributed by atoms with E-state index in [1.165, 1.54) is 0 Å². The Labute approximate surface area is 42.0 Å². The molecule has 1 fully saturated rings. The van der Waals surface area contributed by atoms with Crippen LogP contribution >= 0.6 is 0 Å². The number of rotatable bonds is 0. The molecule has 0 aromatic carbocycles. The molecule has 3 N–H and O–H groups in total. The lowest BCUT2D eigenvalue weighted by Crippen LogP contribution is -2.28. The maximum Gasteiger partial charge on any atom is 0.131 e. The first kappa shape index (κ1) is 5.03. The molecule has 0 radical (unpaired) electrons. The number of aliphatic hydroxyl groups is 2. The van der Waals surface area contributed by atoms with Crippen molar-refractivity contribution < 1.29 is 10.2 Å². The van der Waals surface area contributed by atoms with Gasteiger partial charge in [0.25, 0.3) is 0 Å². The van der Waals surface area contributed by atoms with Crippen LogP contribution in [0.5, 0.6) is 0 Å². The van der Waals surface area contributed by atoms with Gasteiger partial charge in [0.05, 0.1) is 6.10 Å². The summed E-state index contributed by atoms with van der Waals surface area (Å²) in [5, 5.41) is 20.0. The topological polar surface area (TPSA) is 52.5 Å². The predicted octanol–water partition coefficient (Wildman–Crippen LogP) is -1.34. The van der Waals surface area contributed by atoms with Gasteiger partial charge in [0, 0.05) is 6.54 Å². The second-order valence-corrected chi connectivity index (χ2v) is 1.75. The molecule has 0 saturated carbocycles. The molecule has 7 heavy (non-hydrogen) atoms. The van der Waals surface area contributed by atoms with Crippen molar-refractivity contribution in [2.45, 2.75) is 18.8 Å². The number of aliphatic hydroxyl groups excluding tert-OH is 2. The highest BCUT2D eigenvalue weighted by atomic mass is 16.3. The van der Waals surface area contributed by atoms with Crippen molar-refractivity contribution >= 4 is 0 Å². The third kappa shape index (κ3) is 0.907. The van der Waals surface area contributed by atoms with E-state index in [4.69, 9.17) is 10.2 Å². The van der Waals surface area contributed by atoms with Crippen LogP contribution in [0.3, 0.4) is 0 Å². The van der Waals surface area contributed by atoms with E-state index in [-0.39, 0.29) is 0 Å². The van der Waals surface area contributed by atoms with Gasteiger partial charge < -0.3 is 10.2 Å². The molecule has 0 aliphatic carbocycles. The summed E-state index contributed by atoms with van der Waals surface area (Å²) in [5.74, 6) is 0. The van der Waals surface area contributed by atoms with Crippen molar-refractivity contribution in [1.29, 1.82) is 0 Å². The molecule has 3 heteroatoms. The zero-order chi connectivity index (χ0) is 5.28. The molecular weight excluding hydrogens is 94.0 g/mol. The predicted molar refractivity (Wildman–Crippen MR) is 24.6 cm³/mol. The van der Waals surface area contributed by atoms with Crippen molar-refractivity contribution in [2.24, 2.45) is 0 Å². The van der Waals surface area contributed by atoms with Crippen LogP contribution in [0.1, 0.15) is 6.42 Å². The van der Waals surface area contributed by atoms with Crippen LogP contribution in [0.2, 0.25) is 0 Å². The normalized spacial score (nSPS) is 42.0.